The first-order valence-electron chi connectivity index (χ1n) is 13.9. The van der Waals surface area contributed by atoms with Crippen LogP contribution in [0.5, 0.6) is 17.2 Å². The zero-order valence-electron chi connectivity index (χ0n) is 21.4. The maximum Gasteiger partial charge on any atom is 0.164 e. The molecular formula is C30H48O3. The quantitative estimate of drug-likeness (QED) is 0.421. The third-order valence-corrected chi connectivity index (χ3v) is 8.52. The molecule has 3 aliphatic carbocycles. The van der Waals surface area contributed by atoms with Crippen molar-refractivity contribution in [2.45, 2.75) is 104 Å². The van der Waals surface area contributed by atoms with E-state index in [1.54, 1.807) is 19.1 Å². The molecule has 3 fully saturated rings. The molecular weight excluding hydrogens is 408 g/mol. The standard InChI is InChI=1S/C28H42O3.C2H6/c1-20-26(29)17-18-27(28(20)30)31-19-23-11-9-21(10-12-23)7-8-22-13-15-25(16-14-22)24-5-3-2-4-6-24;1-2/h7-8,17-18,21-25,29-30H,2-6,9-16,19H2,1H3;1-2H3/b8-7+;. The zero-order valence-corrected chi connectivity index (χ0v) is 21.4. The molecule has 0 unspecified atom stereocenters. The second kappa shape index (κ2) is 13.3. The topological polar surface area (TPSA) is 49.7 Å². The van der Waals surface area contributed by atoms with Gasteiger partial charge in [0.2, 0.25) is 0 Å². The Morgan fingerprint density at radius 1 is 0.758 bits per heavy atom. The van der Waals surface area contributed by atoms with Gasteiger partial charge in [-0.2, -0.15) is 0 Å². The van der Waals surface area contributed by atoms with Gasteiger partial charge in [-0.3, -0.25) is 0 Å². The van der Waals surface area contributed by atoms with Gasteiger partial charge in [0.15, 0.2) is 11.5 Å². The molecule has 3 saturated carbocycles. The van der Waals surface area contributed by atoms with Gasteiger partial charge in [0.1, 0.15) is 5.75 Å². The highest BCUT2D eigenvalue weighted by Gasteiger charge is 2.28. The number of hydrogen-bond acceptors (Lipinski definition) is 3. The summed E-state index contributed by atoms with van der Waals surface area (Å²) in [4.78, 5) is 0. The summed E-state index contributed by atoms with van der Waals surface area (Å²) in [5.41, 5.74) is 0.485. The molecule has 0 atom stereocenters. The number of benzene rings is 1. The van der Waals surface area contributed by atoms with Crippen LogP contribution in [0, 0.1) is 36.5 Å². The van der Waals surface area contributed by atoms with E-state index in [0.717, 1.165) is 23.7 Å². The van der Waals surface area contributed by atoms with Crippen molar-refractivity contribution in [2.24, 2.45) is 29.6 Å². The Morgan fingerprint density at radius 3 is 1.91 bits per heavy atom. The number of ether oxygens (including phenoxy) is 1. The molecule has 0 saturated heterocycles. The Balaban J connectivity index is 0.00000149. The average molecular weight is 457 g/mol. The molecule has 1 aromatic carbocycles. The van der Waals surface area contributed by atoms with Gasteiger partial charge in [-0.25, -0.2) is 0 Å². The minimum atomic E-state index is 0.0647. The van der Waals surface area contributed by atoms with Crippen LogP contribution in [0.2, 0.25) is 0 Å². The summed E-state index contributed by atoms with van der Waals surface area (Å²) in [6.45, 7) is 6.36. The molecule has 3 aliphatic rings. The summed E-state index contributed by atoms with van der Waals surface area (Å²) in [5.74, 6) is 4.85. The van der Waals surface area contributed by atoms with Gasteiger partial charge in [-0.15, -0.1) is 0 Å². The molecule has 2 N–H and O–H groups in total. The van der Waals surface area contributed by atoms with E-state index in [4.69, 9.17) is 4.74 Å². The third-order valence-electron chi connectivity index (χ3n) is 8.52. The molecule has 186 valence electrons. The average Bonchev–Trinajstić information content (AvgIpc) is 2.88. The van der Waals surface area contributed by atoms with Crippen LogP contribution in [-0.2, 0) is 0 Å². The van der Waals surface area contributed by atoms with Crippen molar-refractivity contribution in [1.29, 1.82) is 0 Å². The molecule has 0 heterocycles. The van der Waals surface area contributed by atoms with Gasteiger partial charge in [0.05, 0.1) is 6.61 Å². The Kier molecular flexibility index (Phi) is 10.5. The van der Waals surface area contributed by atoms with E-state index in [0.29, 0.717) is 23.8 Å². The fourth-order valence-corrected chi connectivity index (χ4v) is 6.26. The Labute approximate surface area is 202 Å². The Hall–Kier alpha value is -1.64. The molecule has 0 spiro atoms. The summed E-state index contributed by atoms with van der Waals surface area (Å²) in [5, 5.41) is 19.8. The summed E-state index contributed by atoms with van der Waals surface area (Å²) < 4.78 is 5.88. The molecule has 3 nitrogen and oxygen atoms in total. The lowest BCUT2D eigenvalue weighted by atomic mass is 9.71. The van der Waals surface area contributed by atoms with Crippen LogP contribution in [0.3, 0.4) is 0 Å². The van der Waals surface area contributed by atoms with Crippen molar-refractivity contribution in [1.82, 2.24) is 0 Å². The maximum absolute atomic E-state index is 10.1. The van der Waals surface area contributed by atoms with Gasteiger partial charge in [0.25, 0.3) is 0 Å². The molecule has 0 aromatic heterocycles. The summed E-state index contributed by atoms with van der Waals surface area (Å²) in [6.07, 6.45) is 23.2. The van der Waals surface area contributed by atoms with E-state index in [-0.39, 0.29) is 11.5 Å². The van der Waals surface area contributed by atoms with Crippen LogP contribution in [0.25, 0.3) is 0 Å². The van der Waals surface area contributed by atoms with Gasteiger partial charge in [0, 0.05) is 5.56 Å². The van der Waals surface area contributed by atoms with Gasteiger partial charge >= 0.3 is 0 Å². The maximum atomic E-state index is 10.1. The molecule has 0 bridgehead atoms. The molecule has 33 heavy (non-hydrogen) atoms. The number of rotatable bonds is 6. The van der Waals surface area contributed by atoms with Crippen molar-refractivity contribution in [2.75, 3.05) is 6.61 Å². The summed E-state index contributed by atoms with van der Waals surface area (Å²) >= 11 is 0. The van der Waals surface area contributed by atoms with E-state index in [1.807, 2.05) is 13.8 Å². The Morgan fingerprint density at radius 2 is 1.30 bits per heavy atom. The number of aromatic hydroxyl groups is 2. The second-order valence-corrected chi connectivity index (χ2v) is 10.6. The zero-order chi connectivity index (χ0) is 23.6. The van der Waals surface area contributed by atoms with Crippen LogP contribution in [0.15, 0.2) is 24.3 Å². The van der Waals surface area contributed by atoms with Crippen LogP contribution < -0.4 is 4.74 Å². The van der Waals surface area contributed by atoms with Crippen LogP contribution in [0.4, 0.5) is 0 Å². The summed E-state index contributed by atoms with van der Waals surface area (Å²) in [7, 11) is 0. The van der Waals surface area contributed by atoms with Gasteiger partial charge in [-0.1, -0.05) is 58.1 Å². The predicted octanol–water partition coefficient (Wildman–Crippen LogP) is 8.56. The first-order valence-corrected chi connectivity index (χ1v) is 13.9. The molecule has 3 heteroatoms. The lowest BCUT2D eigenvalue weighted by Gasteiger charge is -2.35. The lowest BCUT2D eigenvalue weighted by Crippen LogP contribution is -2.23. The smallest absolute Gasteiger partial charge is 0.164 e. The molecule has 0 aliphatic heterocycles. The van der Waals surface area contributed by atoms with E-state index in [1.165, 1.54) is 83.5 Å². The largest absolute Gasteiger partial charge is 0.508 e. The highest BCUT2D eigenvalue weighted by atomic mass is 16.5. The fourth-order valence-electron chi connectivity index (χ4n) is 6.26. The van der Waals surface area contributed by atoms with Gasteiger partial charge in [-0.05, 0) is 100 Å². The minimum absolute atomic E-state index is 0.0647. The van der Waals surface area contributed by atoms with Crippen molar-refractivity contribution < 1.29 is 14.9 Å². The van der Waals surface area contributed by atoms with Crippen LogP contribution >= 0.6 is 0 Å². The number of allylic oxidation sites excluding steroid dienone is 2. The van der Waals surface area contributed by atoms with Crippen molar-refractivity contribution in [3.63, 3.8) is 0 Å². The third kappa shape index (κ3) is 7.42. The van der Waals surface area contributed by atoms with Crippen molar-refractivity contribution in [3.05, 3.63) is 29.8 Å². The lowest BCUT2D eigenvalue weighted by molar-refractivity contribution is 0.179. The number of hydrogen-bond donors (Lipinski definition) is 2. The van der Waals surface area contributed by atoms with Crippen LogP contribution in [0.1, 0.15) is 103 Å². The summed E-state index contributed by atoms with van der Waals surface area (Å²) in [6, 6.07) is 3.25. The minimum Gasteiger partial charge on any atom is -0.508 e. The van der Waals surface area contributed by atoms with Crippen molar-refractivity contribution in [3.8, 4) is 17.2 Å². The monoisotopic (exact) mass is 456 g/mol. The first kappa shape index (κ1) is 26.0. The first-order chi connectivity index (χ1) is 16.1. The van der Waals surface area contributed by atoms with Gasteiger partial charge < -0.3 is 14.9 Å². The fraction of sp³-hybridized carbons (Fsp3) is 0.733. The highest BCUT2D eigenvalue weighted by molar-refractivity contribution is 5.51. The highest BCUT2D eigenvalue weighted by Crippen LogP contribution is 2.41. The van der Waals surface area contributed by atoms with E-state index >= 15 is 0 Å². The predicted molar refractivity (Wildman–Crippen MR) is 138 cm³/mol. The van der Waals surface area contributed by atoms with E-state index in [2.05, 4.69) is 12.2 Å². The Bertz CT molecular complexity index is 718. The van der Waals surface area contributed by atoms with E-state index < -0.39 is 0 Å². The SMILES string of the molecule is CC.Cc1c(O)ccc(OCC2CCC(/C=C/C3CCC(C4CCCCC4)CC3)CC2)c1O. The number of phenolic OH excluding ortho intramolecular Hbond substituents is 2. The van der Waals surface area contributed by atoms with Crippen LogP contribution in [-0.4, -0.2) is 16.8 Å². The normalized spacial score (nSPS) is 28.8. The molecule has 1 aromatic rings. The molecule has 0 radical (unpaired) electrons. The second-order valence-electron chi connectivity index (χ2n) is 10.6. The van der Waals surface area contributed by atoms with E-state index in [9.17, 15) is 10.2 Å². The van der Waals surface area contributed by atoms with Crippen molar-refractivity contribution >= 4 is 0 Å². The molecule has 0 amide bonds. The molecule has 4 rings (SSSR count). The number of phenols is 2.